The fraction of sp³-hybridized carbons (Fsp3) is 0.455. The Hall–Kier alpha value is -0.610. The minimum Gasteiger partial charge on any atom is -0.397 e. The summed E-state index contributed by atoms with van der Waals surface area (Å²) in [4.78, 5) is 2.13. The number of hydrogen-bond acceptors (Lipinski definition) is 3. The number of benzene rings is 1. The van der Waals surface area contributed by atoms with Crippen LogP contribution in [0.3, 0.4) is 0 Å². The number of thioether (sulfide) groups is 1. The van der Waals surface area contributed by atoms with Gasteiger partial charge in [0.05, 0.1) is 16.4 Å². The van der Waals surface area contributed by atoms with Crippen molar-refractivity contribution in [2.24, 2.45) is 0 Å². The van der Waals surface area contributed by atoms with Gasteiger partial charge in [-0.15, -0.1) is 0 Å². The lowest BCUT2D eigenvalue weighted by molar-refractivity contribution is 0.627. The molecule has 1 heterocycles. The van der Waals surface area contributed by atoms with Gasteiger partial charge in [-0.05, 0) is 18.2 Å². The quantitative estimate of drug-likeness (QED) is 0.787. The van der Waals surface area contributed by atoms with E-state index < -0.39 is 5.82 Å². The van der Waals surface area contributed by atoms with Crippen molar-refractivity contribution in [3.8, 4) is 0 Å². The predicted molar refractivity (Wildman–Crippen MR) is 70.0 cm³/mol. The van der Waals surface area contributed by atoms with Crippen molar-refractivity contribution in [3.63, 3.8) is 0 Å². The van der Waals surface area contributed by atoms with Crippen molar-refractivity contribution in [1.29, 1.82) is 0 Å². The highest BCUT2D eigenvalue weighted by Crippen LogP contribution is 2.30. The molecular formula is C11H14ClFN2S. The molecule has 1 aliphatic heterocycles. The zero-order valence-corrected chi connectivity index (χ0v) is 10.5. The summed E-state index contributed by atoms with van der Waals surface area (Å²) >= 11 is 7.60. The van der Waals surface area contributed by atoms with Crippen molar-refractivity contribution < 1.29 is 4.39 Å². The van der Waals surface area contributed by atoms with E-state index in [-0.39, 0.29) is 5.02 Å². The summed E-state index contributed by atoms with van der Waals surface area (Å²) in [5.41, 5.74) is 7.19. The van der Waals surface area contributed by atoms with Crippen LogP contribution >= 0.6 is 23.4 Å². The second-order valence-electron chi connectivity index (χ2n) is 3.78. The van der Waals surface area contributed by atoms with Gasteiger partial charge < -0.3 is 10.6 Å². The first-order valence-corrected chi connectivity index (χ1v) is 6.79. The predicted octanol–water partition coefficient (Wildman–Crippen LogP) is 3.00. The van der Waals surface area contributed by atoms with E-state index in [0.29, 0.717) is 5.69 Å². The molecule has 88 valence electrons. The number of anilines is 2. The molecule has 2 nitrogen and oxygen atoms in total. The first-order valence-electron chi connectivity index (χ1n) is 5.25. The monoisotopic (exact) mass is 260 g/mol. The van der Waals surface area contributed by atoms with Gasteiger partial charge in [0.15, 0.2) is 0 Å². The second-order valence-corrected chi connectivity index (χ2v) is 5.41. The maximum Gasteiger partial charge on any atom is 0.144 e. The smallest absolute Gasteiger partial charge is 0.144 e. The van der Waals surface area contributed by atoms with Gasteiger partial charge >= 0.3 is 0 Å². The number of halogens is 2. The van der Waals surface area contributed by atoms with Crippen molar-refractivity contribution in [2.45, 2.75) is 6.42 Å². The van der Waals surface area contributed by atoms with Gasteiger partial charge in [-0.2, -0.15) is 11.8 Å². The summed E-state index contributed by atoms with van der Waals surface area (Å²) in [5, 5.41) is 0.0884. The molecule has 0 atom stereocenters. The first kappa shape index (κ1) is 11.9. The van der Waals surface area contributed by atoms with Crippen LogP contribution in [0.25, 0.3) is 0 Å². The Morgan fingerprint density at radius 1 is 1.31 bits per heavy atom. The molecule has 5 heteroatoms. The third-order valence-corrected chi connectivity index (χ3v) is 3.97. The molecule has 1 aromatic carbocycles. The average molecular weight is 261 g/mol. The summed E-state index contributed by atoms with van der Waals surface area (Å²) < 4.78 is 13.4. The zero-order valence-electron chi connectivity index (χ0n) is 8.88. The molecule has 1 aromatic rings. The van der Waals surface area contributed by atoms with Crippen molar-refractivity contribution in [1.82, 2.24) is 0 Å². The maximum absolute atomic E-state index is 13.4. The van der Waals surface area contributed by atoms with E-state index in [1.54, 1.807) is 0 Å². The molecule has 0 amide bonds. The Morgan fingerprint density at radius 3 is 2.94 bits per heavy atom. The van der Waals surface area contributed by atoms with E-state index >= 15 is 0 Å². The molecular weight excluding hydrogens is 247 g/mol. The van der Waals surface area contributed by atoms with E-state index in [1.165, 1.54) is 12.1 Å². The lowest BCUT2D eigenvalue weighted by Crippen LogP contribution is -2.26. The molecule has 0 aliphatic carbocycles. The van der Waals surface area contributed by atoms with Crippen LogP contribution in [0.1, 0.15) is 6.42 Å². The molecule has 0 bridgehead atoms. The highest BCUT2D eigenvalue weighted by atomic mass is 35.5. The maximum atomic E-state index is 13.4. The van der Waals surface area contributed by atoms with Gasteiger partial charge in [0, 0.05) is 24.9 Å². The summed E-state index contributed by atoms with van der Waals surface area (Å²) in [6, 6.07) is 2.93. The lowest BCUT2D eigenvalue weighted by atomic mass is 10.2. The Bertz CT molecular complexity index is 378. The first-order chi connectivity index (χ1) is 7.68. The third kappa shape index (κ3) is 2.55. The molecule has 16 heavy (non-hydrogen) atoms. The van der Waals surface area contributed by atoms with Crippen LogP contribution in [-0.4, -0.2) is 24.6 Å². The molecule has 2 rings (SSSR count). The van der Waals surface area contributed by atoms with E-state index in [1.807, 2.05) is 11.8 Å². The standard InChI is InChI=1S/C11H14ClFN2S/c12-8-6-10(14)11(7-9(8)13)15-2-1-4-16-5-3-15/h6-7H,1-5,14H2. The number of nitrogens with two attached hydrogens (primary N) is 1. The van der Waals surface area contributed by atoms with E-state index in [2.05, 4.69) is 4.90 Å². The summed E-state index contributed by atoms with van der Waals surface area (Å²) in [6.45, 7) is 1.84. The Balaban J connectivity index is 2.27. The molecule has 0 radical (unpaired) electrons. The summed E-state index contributed by atoms with van der Waals surface area (Å²) in [7, 11) is 0. The Kier molecular flexibility index (Phi) is 3.82. The van der Waals surface area contributed by atoms with E-state index in [4.69, 9.17) is 17.3 Å². The van der Waals surface area contributed by atoms with Crippen molar-refractivity contribution in [2.75, 3.05) is 35.2 Å². The molecule has 2 N–H and O–H groups in total. The van der Waals surface area contributed by atoms with Crippen LogP contribution in [0.4, 0.5) is 15.8 Å². The SMILES string of the molecule is Nc1cc(Cl)c(F)cc1N1CCCSCC1. The molecule has 0 unspecified atom stereocenters. The fourth-order valence-electron chi connectivity index (χ4n) is 1.81. The molecule has 1 aliphatic rings. The summed E-state index contributed by atoms with van der Waals surface area (Å²) in [6.07, 6.45) is 1.11. The molecule has 0 spiro atoms. The zero-order chi connectivity index (χ0) is 11.5. The number of nitrogens with zero attached hydrogens (tertiary/aromatic N) is 1. The van der Waals surface area contributed by atoms with Crippen molar-refractivity contribution >= 4 is 34.7 Å². The second kappa shape index (κ2) is 5.15. The van der Waals surface area contributed by atoms with Gasteiger partial charge in [-0.1, -0.05) is 11.6 Å². The molecule has 0 saturated carbocycles. The van der Waals surface area contributed by atoms with Crippen LogP contribution in [0.2, 0.25) is 5.02 Å². The average Bonchev–Trinajstić information content (AvgIpc) is 2.52. The normalized spacial score (nSPS) is 17.2. The highest BCUT2D eigenvalue weighted by Gasteiger charge is 2.14. The van der Waals surface area contributed by atoms with Gasteiger partial charge in [-0.3, -0.25) is 0 Å². The van der Waals surface area contributed by atoms with Crippen LogP contribution in [0.5, 0.6) is 0 Å². The highest BCUT2D eigenvalue weighted by molar-refractivity contribution is 7.99. The van der Waals surface area contributed by atoms with E-state index in [0.717, 1.165) is 36.7 Å². The minimum absolute atomic E-state index is 0.0884. The van der Waals surface area contributed by atoms with Crippen LogP contribution in [0, 0.1) is 5.82 Å². The number of hydrogen-bond donors (Lipinski definition) is 1. The largest absolute Gasteiger partial charge is 0.397 e. The molecule has 1 saturated heterocycles. The van der Waals surface area contributed by atoms with Gasteiger partial charge in [0.25, 0.3) is 0 Å². The topological polar surface area (TPSA) is 29.3 Å². The minimum atomic E-state index is -0.400. The van der Waals surface area contributed by atoms with Gasteiger partial charge in [0.2, 0.25) is 0 Å². The third-order valence-electron chi connectivity index (χ3n) is 2.63. The van der Waals surface area contributed by atoms with Gasteiger partial charge in [0.1, 0.15) is 5.82 Å². The van der Waals surface area contributed by atoms with Crippen LogP contribution in [0.15, 0.2) is 12.1 Å². The fourth-order valence-corrected chi connectivity index (χ4v) is 2.87. The lowest BCUT2D eigenvalue weighted by Gasteiger charge is -2.24. The van der Waals surface area contributed by atoms with E-state index in [9.17, 15) is 4.39 Å². The number of nitrogen functional groups attached to an aromatic ring is 1. The Morgan fingerprint density at radius 2 is 2.12 bits per heavy atom. The molecule has 0 aromatic heterocycles. The Labute approximate surface area is 104 Å². The van der Waals surface area contributed by atoms with Crippen LogP contribution in [-0.2, 0) is 0 Å². The van der Waals surface area contributed by atoms with Crippen LogP contribution < -0.4 is 10.6 Å². The number of rotatable bonds is 1. The molecule has 1 fully saturated rings. The van der Waals surface area contributed by atoms with Gasteiger partial charge in [-0.25, -0.2) is 4.39 Å². The van der Waals surface area contributed by atoms with Crippen molar-refractivity contribution in [3.05, 3.63) is 23.0 Å². The summed E-state index contributed by atoms with van der Waals surface area (Å²) in [5.74, 6) is 1.82.